The fraction of sp³-hybridized carbons (Fsp3) is 0.333. The van der Waals surface area contributed by atoms with E-state index in [4.69, 9.17) is 0 Å². The first-order chi connectivity index (χ1) is 12.0. The fourth-order valence-electron chi connectivity index (χ4n) is 3.04. The summed E-state index contributed by atoms with van der Waals surface area (Å²) in [5.41, 5.74) is 4.61. The molecule has 0 amide bonds. The zero-order valence-corrected chi connectivity index (χ0v) is 16.8. The number of pyridine rings is 1. The first-order valence-corrected chi connectivity index (χ1v) is 9.54. The molecule has 0 bridgehead atoms. The Morgan fingerprint density at radius 2 is 1.84 bits per heavy atom. The van der Waals surface area contributed by atoms with Crippen molar-refractivity contribution in [3.05, 3.63) is 64.7 Å². The number of hydrogen-bond donors (Lipinski definition) is 0. The molecule has 0 saturated carbocycles. The van der Waals surface area contributed by atoms with Gasteiger partial charge in [0.1, 0.15) is 5.82 Å². The van der Waals surface area contributed by atoms with Crippen LogP contribution in [0.15, 0.2) is 53.4 Å². The van der Waals surface area contributed by atoms with Gasteiger partial charge in [-0.3, -0.25) is 9.55 Å². The Morgan fingerprint density at radius 1 is 1.04 bits per heavy atom. The van der Waals surface area contributed by atoms with Crippen LogP contribution in [0.5, 0.6) is 0 Å². The van der Waals surface area contributed by atoms with Gasteiger partial charge in [0.15, 0.2) is 0 Å². The number of aromatic nitrogens is 3. The highest BCUT2D eigenvalue weighted by Gasteiger charge is 2.15. The van der Waals surface area contributed by atoms with Gasteiger partial charge >= 0.3 is 0 Å². The van der Waals surface area contributed by atoms with Crippen LogP contribution in [-0.4, -0.2) is 14.5 Å². The van der Waals surface area contributed by atoms with E-state index in [0.29, 0.717) is 11.8 Å². The molecule has 0 unspecified atom stereocenters. The van der Waals surface area contributed by atoms with Gasteiger partial charge in [0.25, 0.3) is 0 Å². The third-order valence-electron chi connectivity index (χ3n) is 4.26. The van der Waals surface area contributed by atoms with E-state index in [1.165, 1.54) is 5.56 Å². The SMILES string of the molecule is CC(C)Cc1ncccc1-c1nccn1-c1ccc(C(C)C)c(Br)c1. The lowest BCUT2D eigenvalue weighted by Crippen LogP contribution is -2.04. The second kappa shape index (κ2) is 7.52. The minimum absolute atomic E-state index is 0.488. The Labute approximate surface area is 158 Å². The summed E-state index contributed by atoms with van der Waals surface area (Å²) in [5.74, 6) is 1.98. The van der Waals surface area contributed by atoms with Crippen LogP contribution < -0.4 is 0 Å². The van der Waals surface area contributed by atoms with E-state index in [1.807, 2.05) is 24.7 Å². The van der Waals surface area contributed by atoms with Crippen molar-refractivity contribution in [2.45, 2.75) is 40.0 Å². The summed E-state index contributed by atoms with van der Waals surface area (Å²) in [6.07, 6.45) is 6.67. The standard InChI is InChI=1S/C21H24BrN3/c1-14(2)12-20-18(6-5-9-23-20)21-24-10-11-25(21)16-7-8-17(15(3)4)19(22)13-16/h5-11,13-15H,12H2,1-4H3. The monoisotopic (exact) mass is 397 g/mol. The van der Waals surface area contributed by atoms with E-state index in [0.717, 1.165) is 33.7 Å². The molecule has 0 atom stereocenters. The largest absolute Gasteiger partial charge is 0.300 e. The topological polar surface area (TPSA) is 30.7 Å². The Bertz CT molecular complexity index is 865. The minimum Gasteiger partial charge on any atom is -0.300 e. The van der Waals surface area contributed by atoms with Gasteiger partial charge in [-0.2, -0.15) is 0 Å². The molecule has 0 radical (unpaired) electrons. The molecule has 0 aliphatic heterocycles. The molecule has 0 aliphatic carbocycles. The van der Waals surface area contributed by atoms with Crippen molar-refractivity contribution in [1.29, 1.82) is 0 Å². The average molecular weight is 398 g/mol. The lowest BCUT2D eigenvalue weighted by Gasteiger charge is -2.14. The molecule has 3 rings (SSSR count). The molecule has 0 aliphatic rings. The maximum absolute atomic E-state index is 4.63. The van der Waals surface area contributed by atoms with Gasteiger partial charge in [-0.25, -0.2) is 4.98 Å². The van der Waals surface area contributed by atoms with Crippen LogP contribution in [-0.2, 0) is 6.42 Å². The zero-order valence-electron chi connectivity index (χ0n) is 15.2. The first kappa shape index (κ1) is 17.9. The van der Waals surface area contributed by atoms with Crippen molar-refractivity contribution in [2.75, 3.05) is 0 Å². The maximum Gasteiger partial charge on any atom is 0.146 e. The lowest BCUT2D eigenvalue weighted by atomic mass is 10.0. The number of imidazole rings is 1. The van der Waals surface area contributed by atoms with E-state index in [1.54, 1.807) is 0 Å². The van der Waals surface area contributed by atoms with Crippen molar-refractivity contribution in [2.24, 2.45) is 5.92 Å². The van der Waals surface area contributed by atoms with Gasteiger partial charge in [0.2, 0.25) is 0 Å². The lowest BCUT2D eigenvalue weighted by molar-refractivity contribution is 0.636. The maximum atomic E-state index is 4.63. The Balaban J connectivity index is 2.07. The Hall–Kier alpha value is -1.94. The van der Waals surface area contributed by atoms with Crippen LogP contribution >= 0.6 is 15.9 Å². The van der Waals surface area contributed by atoms with Crippen LogP contribution in [0.1, 0.15) is 44.9 Å². The molecule has 3 nitrogen and oxygen atoms in total. The van der Waals surface area contributed by atoms with Crippen molar-refractivity contribution in [1.82, 2.24) is 14.5 Å². The molecule has 1 aromatic carbocycles. The Morgan fingerprint density at radius 3 is 2.52 bits per heavy atom. The van der Waals surface area contributed by atoms with Crippen molar-refractivity contribution >= 4 is 15.9 Å². The summed E-state index contributed by atoms with van der Waals surface area (Å²) in [7, 11) is 0. The second-order valence-corrected chi connectivity index (χ2v) is 7.93. The Kier molecular flexibility index (Phi) is 5.38. The highest BCUT2D eigenvalue weighted by atomic mass is 79.9. The van der Waals surface area contributed by atoms with Crippen LogP contribution in [0.3, 0.4) is 0 Å². The molecule has 2 aromatic heterocycles. The third-order valence-corrected chi connectivity index (χ3v) is 4.94. The molecular formula is C21H24BrN3. The summed E-state index contributed by atoms with van der Waals surface area (Å²) in [5, 5.41) is 0. The predicted octanol–water partition coefficient (Wildman–Crippen LogP) is 6.02. The summed E-state index contributed by atoms with van der Waals surface area (Å²) in [6, 6.07) is 10.6. The number of halogens is 1. The van der Waals surface area contributed by atoms with E-state index < -0.39 is 0 Å². The fourth-order valence-corrected chi connectivity index (χ4v) is 3.86. The molecular weight excluding hydrogens is 374 g/mol. The van der Waals surface area contributed by atoms with E-state index in [9.17, 15) is 0 Å². The van der Waals surface area contributed by atoms with Gasteiger partial charge in [-0.05, 0) is 48.1 Å². The third kappa shape index (κ3) is 3.84. The van der Waals surface area contributed by atoms with E-state index in [-0.39, 0.29) is 0 Å². The van der Waals surface area contributed by atoms with Gasteiger partial charge in [0, 0.05) is 34.3 Å². The summed E-state index contributed by atoms with van der Waals surface area (Å²) in [4.78, 5) is 9.23. The molecule has 4 heteroatoms. The van der Waals surface area contributed by atoms with Crippen molar-refractivity contribution in [3.63, 3.8) is 0 Å². The molecule has 0 spiro atoms. The van der Waals surface area contributed by atoms with Crippen LogP contribution in [0.25, 0.3) is 17.1 Å². The first-order valence-electron chi connectivity index (χ1n) is 8.74. The van der Waals surface area contributed by atoms with Gasteiger partial charge < -0.3 is 0 Å². The molecule has 0 saturated heterocycles. The van der Waals surface area contributed by atoms with Gasteiger partial charge in [-0.15, -0.1) is 0 Å². The molecule has 130 valence electrons. The second-order valence-electron chi connectivity index (χ2n) is 7.08. The zero-order chi connectivity index (χ0) is 18.0. The molecule has 3 aromatic rings. The molecule has 0 fully saturated rings. The predicted molar refractivity (Wildman–Crippen MR) is 107 cm³/mol. The van der Waals surface area contributed by atoms with E-state index in [2.05, 4.69) is 82.4 Å². The molecule has 2 heterocycles. The number of benzene rings is 1. The highest BCUT2D eigenvalue weighted by molar-refractivity contribution is 9.10. The molecule has 0 N–H and O–H groups in total. The summed E-state index contributed by atoms with van der Waals surface area (Å²) >= 11 is 3.72. The van der Waals surface area contributed by atoms with Crippen LogP contribution in [0, 0.1) is 5.92 Å². The van der Waals surface area contributed by atoms with Gasteiger partial charge in [0.05, 0.1) is 5.69 Å². The van der Waals surface area contributed by atoms with Gasteiger partial charge in [-0.1, -0.05) is 49.7 Å². The normalized spacial score (nSPS) is 11.5. The highest BCUT2D eigenvalue weighted by Crippen LogP contribution is 2.30. The summed E-state index contributed by atoms with van der Waals surface area (Å²) < 4.78 is 3.27. The average Bonchev–Trinajstić information content (AvgIpc) is 3.03. The van der Waals surface area contributed by atoms with Crippen LogP contribution in [0.4, 0.5) is 0 Å². The summed E-state index contributed by atoms with van der Waals surface area (Å²) in [6.45, 7) is 8.84. The van der Waals surface area contributed by atoms with Crippen LogP contribution in [0.2, 0.25) is 0 Å². The number of hydrogen-bond acceptors (Lipinski definition) is 2. The smallest absolute Gasteiger partial charge is 0.146 e. The van der Waals surface area contributed by atoms with Crippen molar-refractivity contribution < 1.29 is 0 Å². The number of nitrogens with zero attached hydrogens (tertiary/aromatic N) is 3. The minimum atomic E-state index is 0.488. The molecule has 25 heavy (non-hydrogen) atoms. The van der Waals surface area contributed by atoms with E-state index >= 15 is 0 Å². The number of rotatable bonds is 5. The quantitative estimate of drug-likeness (QED) is 0.526. The van der Waals surface area contributed by atoms with Crippen molar-refractivity contribution in [3.8, 4) is 17.1 Å².